The van der Waals surface area contributed by atoms with Crippen molar-refractivity contribution >= 4 is 0 Å². The van der Waals surface area contributed by atoms with Crippen molar-refractivity contribution in [2.45, 2.75) is 75.3 Å². The van der Waals surface area contributed by atoms with Gasteiger partial charge in [-0.15, -0.1) is 0 Å². The second-order valence-corrected chi connectivity index (χ2v) is 7.18. The molecule has 25 heavy (non-hydrogen) atoms. The summed E-state index contributed by atoms with van der Waals surface area (Å²) in [7, 11) is 3.39. The summed E-state index contributed by atoms with van der Waals surface area (Å²) in [5, 5.41) is 25.5. The highest BCUT2D eigenvalue weighted by Crippen LogP contribution is 2.30. The summed E-state index contributed by atoms with van der Waals surface area (Å²) in [6, 6.07) is -1.83. The van der Waals surface area contributed by atoms with Gasteiger partial charge in [0.15, 0.2) is 0 Å². The number of nitro groups is 2. The van der Waals surface area contributed by atoms with Gasteiger partial charge in [0.2, 0.25) is 12.1 Å². The summed E-state index contributed by atoms with van der Waals surface area (Å²) in [6.45, 7) is 0.637. The molecule has 144 valence electrons. The third-order valence-corrected chi connectivity index (χ3v) is 5.76. The molecule has 6 unspecified atom stereocenters. The first-order valence-electron chi connectivity index (χ1n) is 9.02. The van der Waals surface area contributed by atoms with Crippen molar-refractivity contribution in [3.8, 4) is 0 Å². The zero-order chi connectivity index (χ0) is 18.4. The van der Waals surface area contributed by atoms with E-state index in [2.05, 4.69) is 5.32 Å². The Labute approximate surface area is 147 Å². The lowest BCUT2D eigenvalue weighted by molar-refractivity contribution is -0.557. The fraction of sp³-hybridized carbons (Fsp3) is 1.00. The van der Waals surface area contributed by atoms with Crippen molar-refractivity contribution in [1.82, 2.24) is 5.32 Å². The fourth-order valence-electron chi connectivity index (χ4n) is 4.23. The summed E-state index contributed by atoms with van der Waals surface area (Å²) >= 11 is 0. The number of nitrogens with zero attached hydrogens (tertiary/aromatic N) is 2. The fourth-order valence-corrected chi connectivity index (χ4v) is 4.23. The van der Waals surface area contributed by atoms with Crippen molar-refractivity contribution < 1.29 is 19.3 Å². The van der Waals surface area contributed by atoms with Gasteiger partial charge in [-0.25, -0.2) is 0 Å². The van der Waals surface area contributed by atoms with E-state index >= 15 is 0 Å². The normalized spacial score (nSPS) is 36.1. The molecule has 2 aliphatic carbocycles. The summed E-state index contributed by atoms with van der Waals surface area (Å²) in [6.07, 6.45) is 4.79. The Balaban J connectivity index is 1.82. The Morgan fingerprint density at radius 1 is 0.960 bits per heavy atom. The lowest BCUT2D eigenvalue weighted by Gasteiger charge is -2.35. The summed E-state index contributed by atoms with van der Waals surface area (Å²) in [5.74, 6) is 0.479. The van der Waals surface area contributed by atoms with Crippen molar-refractivity contribution in [2.75, 3.05) is 20.8 Å². The van der Waals surface area contributed by atoms with Crippen LogP contribution >= 0.6 is 0 Å². The van der Waals surface area contributed by atoms with E-state index in [9.17, 15) is 20.2 Å². The minimum Gasteiger partial charge on any atom is -0.379 e. The highest BCUT2D eigenvalue weighted by atomic mass is 16.6. The molecule has 0 saturated heterocycles. The van der Waals surface area contributed by atoms with Gasteiger partial charge in [-0.1, -0.05) is 0 Å². The van der Waals surface area contributed by atoms with Crippen LogP contribution < -0.4 is 5.32 Å². The van der Waals surface area contributed by atoms with Crippen LogP contribution in [0.15, 0.2) is 0 Å². The van der Waals surface area contributed by atoms with Crippen molar-refractivity contribution in [1.29, 1.82) is 0 Å². The maximum absolute atomic E-state index is 11.2. The number of hydrogen-bond acceptors (Lipinski definition) is 7. The van der Waals surface area contributed by atoms with Crippen molar-refractivity contribution in [3.63, 3.8) is 0 Å². The van der Waals surface area contributed by atoms with E-state index < -0.39 is 18.1 Å². The minimum atomic E-state index is -0.729. The van der Waals surface area contributed by atoms with Crippen molar-refractivity contribution in [3.05, 3.63) is 20.2 Å². The minimum absolute atomic E-state index is 0.0869. The zero-order valence-electron chi connectivity index (χ0n) is 15.0. The maximum Gasteiger partial charge on any atom is 0.228 e. The van der Waals surface area contributed by atoms with Crippen molar-refractivity contribution in [2.24, 2.45) is 5.92 Å². The van der Waals surface area contributed by atoms with Gasteiger partial charge < -0.3 is 14.8 Å². The highest BCUT2D eigenvalue weighted by Gasteiger charge is 2.42. The molecule has 0 bridgehead atoms. The first-order chi connectivity index (χ1) is 12.0. The highest BCUT2D eigenvalue weighted by molar-refractivity contribution is 4.87. The smallest absolute Gasteiger partial charge is 0.228 e. The van der Waals surface area contributed by atoms with Gasteiger partial charge in [0.05, 0.1) is 18.2 Å². The molecule has 0 aromatic carbocycles. The van der Waals surface area contributed by atoms with Crippen LogP contribution in [0.1, 0.15) is 44.9 Å². The van der Waals surface area contributed by atoms with E-state index in [-0.39, 0.29) is 41.3 Å². The molecule has 1 N–H and O–H groups in total. The predicted octanol–water partition coefficient (Wildman–Crippen LogP) is 1.64. The maximum atomic E-state index is 11.2. The summed E-state index contributed by atoms with van der Waals surface area (Å²) in [5.41, 5.74) is 0. The SMILES string of the molecule is COC1CCC(CCNC2CC([N+](=O)[O-])CCC2[N+](=O)[O-])CC1OC. The van der Waals surface area contributed by atoms with Gasteiger partial charge >= 0.3 is 0 Å². The third-order valence-electron chi connectivity index (χ3n) is 5.76. The molecule has 0 aromatic rings. The quantitative estimate of drug-likeness (QED) is 0.517. The van der Waals surface area contributed by atoms with Crippen LogP contribution in [-0.4, -0.2) is 60.9 Å². The zero-order valence-corrected chi connectivity index (χ0v) is 15.0. The van der Waals surface area contributed by atoms with E-state index in [4.69, 9.17) is 9.47 Å². The van der Waals surface area contributed by atoms with Gasteiger partial charge in [-0.3, -0.25) is 20.2 Å². The molecular weight excluding hydrogens is 330 g/mol. The van der Waals surface area contributed by atoms with E-state index in [1.165, 1.54) is 0 Å². The van der Waals surface area contributed by atoms with E-state index in [0.29, 0.717) is 12.5 Å². The molecule has 9 nitrogen and oxygen atoms in total. The molecule has 2 aliphatic rings. The van der Waals surface area contributed by atoms with Gasteiger partial charge in [0.1, 0.15) is 0 Å². The van der Waals surface area contributed by atoms with Crippen LogP contribution in [0, 0.1) is 26.1 Å². The number of rotatable bonds is 8. The third kappa shape index (κ3) is 5.32. The molecule has 0 heterocycles. The number of ether oxygens (including phenoxy) is 2. The molecule has 2 saturated carbocycles. The standard InChI is InChI=1S/C16H29N3O6/c1-24-15-6-3-11(9-16(15)25-2)7-8-17-13-10-12(18(20)21)4-5-14(13)19(22)23/h11-17H,3-10H2,1-2H3. The molecule has 2 rings (SSSR count). The molecular formula is C16H29N3O6. The largest absolute Gasteiger partial charge is 0.379 e. The molecule has 0 amide bonds. The van der Waals surface area contributed by atoms with E-state index in [0.717, 1.165) is 25.7 Å². The van der Waals surface area contributed by atoms with Crippen LogP contribution in [0.5, 0.6) is 0 Å². The molecule has 2 fully saturated rings. The van der Waals surface area contributed by atoms with E-state index in [1.54, 1.807) is 14.2 Å². The monoisotopic (exact) mass is 359 g/mol. The molecule has 0 aromatic heterocycles. The van der Waals surface area contributed by atoms with Gasteiger partial charge in [-0.2, -0.15) is 0 Å². The van der Waals surface area contributed by atoms with Gasteiger partial charge in [0, 0.05) is 43.3 Å². The van der Waals surface area contributed by atoms with E-state index in [1.807, 2.05) is 0 Å². The van der Waals surface area contributed by atoms with Crippen LogP contribution in [0.3, 0.4) is 0 Å². The average Bonchev–Trinajstić information content (AvgIpc) is 2.61. The Morgan fingerprint density at radius 2 is 1.68 bits per heavy atom. The molecule has 0 radical (unpaired) electrons. The first kappa shape index (κ1) is 20.0. The van der Waals surface area contributed by atoms with Crippen LogP contribution in [0.4, 0.5) is 0 Å². The second-order valence-electron chi connectivity index (χ2n) is 7.18. The Morgan fingerprint density at radius 3 is 2.28 bits per heavy atom. The number of nitrogens with one attached hydrogen (secondary N) is 1. The van der Waals surface area contributed by atoms with Crippen LogP contribution in [-0.2, 0) is 9.47 Å². The predicted molar refractivity (Wildman–Crippen MR) is 90.8 cm³/mol. The average molecular weight is 359 g/mol. The number of hydrogen-bond donors (Lipinski definition) is 1. The molecule has 6 atom stereocenters. The first-order valence-corrected chi connectivity index (χ1v) is 9.02. The lowest BCUT2D eigenvalue weighted by atomic mass is 9.83. The Kier molecular flexibility index (Phi) is 7.52. The summed E-state index contributed by atoms with van der Waals surface area (Å²) in [4.78, 5) is 21.6. The lowest BCUT2D eigenvalue weighted by Crippen LogP contribution is -2.51. The second kappa shape index (κ2) is 9.40. The Bertz CT molecular complexity index is 463. The topological polar surface area (TPSA) is 117 Å². The summed E-state index contributed by atoms with van der Waals surface area (Å²) < 4.78 is 10.9. The molecule has 0 spiro atoms. The molecule has 9 heteroatoms. The van der Waals surface area contributed by atoms with Crippen LogP contribution in [0.2, 0.25) is 0 Å². The molecule has 0 aliphatic heterocycles. The van der Waals surface area contributed by atoms with Crippen LogP contribution in [0.25, 0.3) is 0 Å². The number of methoxy groups -OCH3 is 2. The van der Waals surface area contributed by atoms with Gasteiger partial charge in [-0.05, 0) is 38.1 Å². The Hall–Kier alpha value is -1.32. The van der Waals surface area contributed by atoms with Gasteiger partial charge in [0.25, 0.3) is 0 Å².